The summed E-state index contributed by atoms with van der Waals surface area (Å²) in [6, 6.07) is 6.74. The van der Waals surface area contributed by atoms with Crippen molar-refractivity contribution in [1.82, 2.24) is 5.32 Å². The van der Waals surface area contributed by atoms with Crippen molar-refractivity contribution in [3.05, 3.63) is 29.8 Å². The van der Waals surface area contributed by atoms with Gasteiger partial charge in [0.05, 0.1) is 11.3 Å². The molecule has 1 heterocycles. The molecule has 2 rings (SSSR count). The second kappa shape index (κ2) is 5.45. The minimum Gasteiger partial charge on any atom is -0.352 e. The van der Waals surface area contributed by atoms with Crippen molar-refractivity contribution in [1.29, 1.82) is 0 Å². The molecule has 0 radical (unpaired) electrons. The van der Waals surface area contributed by atoms with Crippen molar-refractivity contribution in [2.75, 3.05) is 11.4 Å². The summed E-state index contributed by atoms with van der Waals surface area (Å²) in [6.07, 6.45) is 0. The Morgan fingerprint density at radius 1 is 1.20 bits per heavy atom. The average Bonchev–Trinajstić information content (AvgIpc) is 2.64. The predicted molar refractivity (Wildman–Crippen MR) is 75.6 cm³/mol. The van der Waals surface area contributed by atoms with Crippen LogP contribution in [-0.4, -0.2) is 30.2 Å². The number of nitrogens with one attached hydrogen (secondary N) is 1. The van der Waals surface area contributed by atoms with Gasteiger partial charge in [-0.05, 0) is 25.0 Å². The summed E-state index contributed by atoms with van der Waals surface area (Å²) in [7, 11) is 0. The van der Waals surface area contributed by atoms with E-state index in [-0.39, 0.29) is 18.5 Å². The highest BCUT2D eigenvalue weighted by Gasteiger charge is 2.36. The zero-order chi connectivity index (χ0) is 14.9. The van der Waals surface area contributed by atoms with Crippen LogP contribution >= 0.6 is 0 Å². The van der Waals surface area contributed by atoms with Gasteiger partial charge in [0, 0.05) is 6.04 Å². The topological polar surface area (TPSA) is 66.5 Å². The number of ketones is 1. The highest BCUT2D eigenvalue weighted by molar-refractivity contribution is 6.52. The number of hydrogen-bond donors (Lipinski definition) is 1. The van der Waals surface area contributed by atoms with Crippen LogP contribution < -0.4 is 10.2 Å². The minimum atomic E-state index is -0.640. The fourth-order valence-electron chi connectivity index (χ4n) is 2.02. The molecule has 20 heavy (non-hydrogen) atoms. The molecular weight excluding hydrogens is 256 g/mol. The molecule has 1 aromatic carbocycles. The number of hydrogen-bond acceptors (Lipinski definition) is 3. The summed E-state index contributed by atoms with van der Waals surface area (Å²) < 4.78 is 0. The molecule has 0 aromatic heterocycles. The quantitative estimate of drug-likeness (QED) is 0.843. The molecule has 1 unspecified atom stereocenters. The number of carbonyl (C=O) groups excluding carboxylic acids is 3. The second-order valence-electron chi connectivity index (χ2n) is 5.34. The SMILES string of the molecule is CC(C)C(C)NC(=O)CN1C(=O)C(=O)c2ccccc21. The van der Waals surface area contributed by atoms with Gasteiger partial charge < -0.3 is 5.32 Å². The van der Waals surface area contributed by atoms with E-state index in [1.807, 2.05) is 20.8 Å². The molecule has 1 N–H and O–H groups in total. The molecule has 0 bridgehead atoms. The van der Waals surface area contributed by atoms with Crippen LogP contribution in [0.15, 0.2) is 24.3 Å². The summed E-state index contributed by atoms with van der Waals surface area (Å²) in [5.74, 6) is -1.14. The lowest BCUT2D eigenvalue weighted by Crippen LogP contribution is -2.44. The summed E-state index contributed by atoms with van der Waals surface area (Å²) in [5, 5.41) is 2.83. The Bertz CT molecular complexity index is 566. The van der Waals surface area contributed by atoms with Gasteiger partial charge in [-0.3, -0.25) is 19.3 Å². The lowest BCUT2D eigenvalue weighted by atomic mass is 10.1. The summed E-state index contributed by atoms with van der Waals surface area (Å²) >= 11 is 0. The van der Waals surface area contributed by atoms with Gasteiger partial charge in [0.2, 0.25) is 5.91 Å². The average molecular weight is 274 g/mol. The van der Waals surface area contributed by atoms with E-state index in [9.17, 15) is 14.4 Å². The van der Waals surface area contributed by atoms with Gasteiger partial charge in [-0.15, -0.1) is 0 Å². The highest BCUT2D eigenvalue weighted by atomic mass is 16.2. The van der Waals surface area contributed by atoms with Crippen LogP contribution in [0.3, 0.4) is 0 Å². The van der Waals surface area contributed by atoms with Gasteiger partial charge in [-0.1, -0.05) is 26.0 Å². The number of para-hydroxylation sites is 1. The lowest BCUT2D eigenvalue weighted by Gasteiger charge is -2.20. The Balaban J connectivity index is 2.12. The molecule has 5 heteroatoms. The maximum absolute atomic E-state index is 12.0. The fraction of sp³-hybridized carbons (Fsp3) is 0.400. The third kappa shape index (κ3) is 2.57. The van der Waals surface area contributed by atoms with Crippen LogP contribution in [-0.2, 0) is 9.59 Å². The third-order valence-electron chi connectivity index (χ3n) is 3.57. The molecule has 0 aliphatic carbocycles. The van der Waals surface area contributed by atoms with Gasteiger partial charge >= 0.3 is 0 Å². The van der Waals surface area contributed by atoms with Gasteiger partial charge in [0.25, 0.3) is 11.7 Å². The Kier molecular flexibility index (Phi) is 3.88. The molecule has 1 aliphatic rings. The number of nitrogens with zero attached hydrogens (tertiary/aromatic N) is 1. The number of fused-ring (bicyclic) bond motifs is 1. The van der Waals surface area contributed by atoms with Crippen LogP contribution in [0.25, 0.3) is 0 Å². The van der Waals surface area contributed by atoms with E-state index in [4.69, 9.17) is 0 Å². The predicted octanol–water partition coefficient (Wildman–Crippen LogP) is 1.38. The number of benzene rings is 1. The standard InChI is InChI=1S/C15H18N2O3/c1-9(2)10(3)16-13(18)8-17-12-7-5-4-6-11(12)14(19)15(17)20/h4-7,9-10H,8H2,1-3H3,(H,16,18). The van der Waals surface area contributed by atoms with E-state index < -0.39 is 11.7 Å². The van der Waals surface area contributed by atoms with E-state index in [2.05, 4.69) is 5.32 Å². The normalized spacial score (nSPS) is 15.5. The first-order valence-corrected chi connectivity index (χ1v) is 6.66. The highest BCUT2D eigenvalue weighted by Crippen LogP contribution is 2.27. The van der Waals surface area contributed by atoms with Gasteiger partial charge in [-0.25, -0.2) is 0 Å². The number of Topliss-reactive ketones (excluding diaryl/α,β-unsaturated/α-hetero) is 1. The Morgan fingerprint density at radius 3 is 2.50 bits per heavy atom. The summed E-state index contributed by atoms with van der Waals surface area (Å²) in [4.78, 5) is 36.9. The molecule has 5 nitrogen and oxygen atoms in total. The number of anilines is 1. The van der Waals surface area contributed by atoms with Crippen LogP contribution in [0.4, 0.5) is 5.69 Å². The van der Waals surface area contributed by atoms with Crippen molar-refractivity contribution < 1.29 is 14.4 Å². The third-order valence-corrected chi connectivity index (χ3v) is 3.57. The zero-order valence-electron chi connectivity index (χ0n) is 11.8. The number of rotatable bonds is 4. The Labute approximate surface area is 118 Å². The van der Waals surface area contributed by atoms with E-state index in [0.717, 1.165) is 0 Å². The largest absolute Gasteiger partial charge is 0.352 e. The van der Waals surface area contributed by atoms with Crippen LogP contribution in [0, 0.1) is 5.92 Å². The first-order chi connectivity index (χ1) is 9.41. The van der Waals surface area contributed by atoms with Crippen LogP contribution in [0.2, 0.25) is 0 Å². The molecule has 1 aliphatic heterocycles. The van der Waals surface area contributed by atoms with Gasteiger partial charge in [0.15, 0.2) is 0 Å². The van der Waals surface area contributed by atoms with E-state index in [1.54, 1.807) is 24.3 Å². The maximum atomic E-state index is 12.0. The van der Waals surface area contributed by atoms with Crippen molar-refractivity contribution >= 4 is 23.3 Å². The Hall–Kier alpha value is -2.17. The van der Waals surface area contributed by atoms with Crippen LogP contribution in [0.1, 0.15) is 31.1 Å². The van der Waals surface area contributed by atoms with Crippen molar-refractivity contribution in [3.63, 3.8) is 0 Å². The van der Waals surface area contributed by atoms with Crippen molar-refractivity contribution in [2.45, 2.75) is 26.8 Å². The van der Waals surface area contributed by atoms with Gasteiger partial charge in [-0.2, -0.15) is 0 Å². The number of carbonyl (C=O) groups is 3. The smallest absolute Gasteiger partial charge is 0.299 e. The van der Waals surface area contributed by atoms with E-state index in [1.165, 1.54) is 4.90 Å². The van der Waals surface area contributed by atoms with Crippen molar-refractivity contribution in [3.8, 4) is 0 Å². The molecule has 0 spiro atoms. The zero-order valence-corrected chi connectivity index (χ0v) is 11.8. The molecular formula is C15H18N2O3. The minimum absolute atomic E-state index is 0.0196. The maximum Gasteiger partial charge on any atom is 0.299 e. The summed E-state index contributed by atoms with van der Waals surface area (Å²) in [5.41, 5.74) is 0.872. The first kappa shape index (κ1) is 14.2. The van der Waals surface area contributed by atoms with Gasteiger partial charge in [0.1, 0.15) is 6.54 Å². The van der Waals surface area contributed by atoms with Crippen LogP contribution in [0.5, 0.6) is 0 Å². The van der Waals surface area contributed by atoms with Crippen molar-refractivity contribution in [2.24, 2.45) is 5.92 Å². The first-order valence-electron chi connectivity index (χ1n) is 6.66. The summed E-state index contributed by atoms with van der Waals surface area (Å²) in [6.45, 7) is 5.79. The molecule has 1 aromatic rings. The van der Waals surface area contributed by atoms with E-state index >= 15 is 0 Å². The Morgan fingerprint density at radius 2 is 1.85 bits per heavy atom. The molecule has 2 amide bonds. The monoisotopic (exact) mass is 274 g/mol. The molecule has 0 fully saturated rings. The second-order valence-corrected chi connectivity index (χ2v) is 5.34. The van der Waals surface area contributed by atoms with E-state index in [0.29, 0.717) is 17.2 Å². The molecule has 0 saturated heterocycles. The lowest BCUT2D eigenvalue weighted by molar-refractivity contribution is -0.122. The molecule has 106 valence electrons. The fourth-order valence-corrected chi connectivity index (χ4v) is 2.02. The number of amides is 2. The molecule has 0 saturated carbocycles. The molecule has 1 atom stereocenters.